The first kappa shape index (κ1) is 11.3. The molecule has 2 aromatic carbocycles. The van der Waals surface area contributed by atoms with Crippen LogP contribution in [0.2, 0.25) is 0 Å². The Hall–Kier alpha value is -2.83. The summed E-state index contributed by atoms with van der Waals surface area (Å²) in [5.41, 5.74) is 0.994. The Morgan fingerprint density at radius 3 is 2.79 bits per heavy atom. The molecular formula is C12H7FN4O2. The zero-order valence-electron chi connectivity index (χ0n) is 9.52. The summed E-state index contributed by atoms with van der Waals surface area (Å²) in [4.78, 5) is 10.4. The SMILES string of the molecule is O=[N+]([O-])c1ccc(F)cc1-n1nnc2ccccc21. The minimum Gasteiger partial charge on any atom is -0.258 e. The Labute approximate surface area is 106 Å². The average molecular weight is 258 g/mol. The van der Waals surface area contributed by atoms with E-state index in [0.29, 0.717) is 11.0 Å². The van der Waals surface area contributed by atoms with E-state index in [1.807, 2.05) is 0 Å². The Bertz CT molecular complexity index is 784. The molecular weight excluding hydrogens is 251 g/mol. The summed E-state index contributed by atoms with van der Waals surface area (Å²) in [5.74, 6) is -0.569. The molecule has 1 heterocycles. The fourth-order valence-electron chi connectivity index (χ4n) is 1.87. The quantitative estimate of drug-likeness (QED) is 0.522. The predicted octanol–water partition coefficient (Wildman–Crippen LogP) is 2.47. The molecule has 0 aliphatic carbocycles. The maximum atomic E-state index is 13.3. The second-order valence-electron chi connectivity index (χ2n) is 3.88. The first-order valence-corrected chi connectivity index (χ1v) is 5.41. The summed E-state index contributed by atoms with van der Waals surface area (Å²) in [6.45, 7) is 0. The van der Waals surface area contributed by atoms with Crippen molar-refractivity contribution in [2.24, 2.45) is 0 Å². The van der Waals surface area contributed by atoms with Gasteiger partial charge in [-0.3, -0.25) is 10.1 Å². The lowest BCUT2D eigenvalue weighted by Gasteiger charge is -2.03. The van der Waals surface area contributed by atoms with Crippen molar-refractivity contribution in [2.75, 3.05) is 0 Å². The normalized spacial score (nSPS) is 10.8. The van der Waals surface area contributed by atoms with Gasteiger partial charge in [0.05, 0.1) is 10.4 Å². The Morgan fingerprint density at radius 2 is 2.00 bits per heavy atom. The van der Waals surface area contributed by atoms with Crippen LogP contribution >= 0.6 is 0 Å². The van der Waals surface area contributed by atoms with Gasteiger partial charge in [0, 0.05) is 12.1 Å². The molecule has 0 saturated heterocycles. The van der Waals surface area contributed by atoms with Crippen molar-refractivity contribution in [1.29, 1.82) is 0 Å². The number of rotatable bonds is 2. The highest BCUT2D eigenvalue weighted by Gasteiger charge is 2.18. The fraction of sp³-hybridized carbons (Fsp3) is 0. The lowest BCUT2D eigenvalue weighted by Crippen LogP contribution is -2.02. The van der Waals surface area contributed by atoms with E-state index in [2.05, 4.69) is 10.3 Å². The Kier molecular flexibility index (Phi) is 2.45. The van der Waals surface area contributed by atoms with E-state index in [0.717, 1.165) is 18.2 Å². The fourth-order valence-corrected chi connectivity index (χ4v) is 1.87. The van der Waals surface area contributed by atoms with Crippen molar-refractivity contribution in [3.05, 3.63) is 58.4 Å². The van der Waals surface area contributed by atoms with Crippen molar-refractivity contribution in [2.45, 2.75) is 0 Å². The van der Waals surface area contributed by atoms with Gasteiger partial charge in [-0.1, -0.05) is 17.3 Å². The summed E-state index contributed by atoms with van der Waals surface area (Å²) in [6.07, 6.45) is 0. The monoisotopic (exact) mass is 258 g/mol. The molecule has 0 N–H and O–H groups in total. The van der Waals surface area contributed by atoms with E-state index in [-0.39, 0.29) is 11.4 Å². The molecule has 0 fully saturated rings. The van der Waals surface area contributed by atoms with Crippen molar-refractivity contribution < 1.29 is 9.31 Å². The second-order valence-corrected chi connectivity index (χ2v) is 3.88. The molecule has 0 unspecified atom stereocenters. The molecule has 94 valence electrons. The summed E-state index contributed by atoms with van der Waals surface area (Å²) < 4.78 is 14.6. The van der Waals surface area contributed by atoms with E-state index in [4.69, 9.17) is 0 Å². The van der Waals surface area contributed by atoms with Gasteiger partial charge in [0.1, 0.15) is 17.0 Å². The molecule has 0 radical (unpaired) electrons. The van der Waals surface area contributed by atoms with Crippen LogP contribution in [-0.2, 0) is 0 Å². The van der Waals surface area contributed by atoms with Crippen LogP contribution in [0, 0.1) is 15.9 Å². The zero-order chi connectivity index (χ0) is 13.4. The van der Waals surface area contributed by atoms with Crippen LogP contribution in [-0.4, -0.2) is 19.9 Å². The second kappa shape index (κ2) is 4.13. The molecule has 1 aromatic heterocycles. The lowest BCUT2D eigenvalue weighted by atomic mass is 10.2. The van der Waals surface area contributed by atoms with Crippen LogP contribution < -0.4 is 0 Å². The number of halogens is 1. The predicted molar refractivity (Wildman–Crippen MR) is 65.5 cm³/mol. The van der Waals surface area contributed by atoms with Crippen molar-refractivity contribution in [3.63, 3.8) is 0 Å². The van der Waals surface area contributed by atoms with E-state index in [1.54, 1.807) is 24.3 Å². The highest BCUT2D eigenvalue weighted by Crippen LogP contribution is 2.25. The molecule has 19 heavy (non-hydrogen) atoms. The van der Waals surface area contributed by atoms with Crippen LogP contribution in [0.25, 0.3) is 16.7 Å². The number of hydrogen-bond acceptors (Lipinski definition) is 4. The van der Waals surface area contributed by atoms with E-state index in [9.17, 15) is 14.5 Å². The maximum absolute atomic E-state index is 13.3. The van der Waals surface area contributed by atoms with Crippen LogP contribution in [0.15, 0.2) is 42.5 Å². The average Bonchev–Trinajstić information content (AvgIpc) is 2.82. The number of nitro groups is 1. The van der Waals surface area contributed by atoms with Gasteiger partial charge in [-0.25, -0.2) is 9.07 Å². The number of aromatic nitrogens is 3. The molecule has 0 atom stereocenters. The molecule has 0 saturated carbocycles. The van der Waals surface area contributed by atoms with Gasteiger partial charge < -0.3 is 0 Å². The molecule has 3 aromatic rings. The minimum atomic E-state index is -0.578. The third kappa shape index (κ3) is 1.81. The Balaban J connectivity index is 2.32. The number of nitro benzene ring substituents is 1. The zero-order valence-corrected chi connectivity index (χ0v) is 9.52. The third-order valence-corrected chi connectivity index (χ3v) is 2.71. The first-order chi connectivity index (χ1) is 9.16. The molecule has 0 aliphatic rings. The van der Waals surface area contributed by atoms with Gasteiger partial charge in [0.15, 0.2) is 0 Å². The molecule has 6 nitrogen and oxygen atoms in total. The topological polar surface area (TPSA) is 73.8 Å². The van der Waals surface area contributed by atoms with Crippen LogP contribution in [0.3, 0.4) is 0 Å². The van der Waals surface area contributed by atoms with Gasteiger partial charge in [0.25, 0.3) is 5.69 Å². The Morgan fingerprint density at radius 1 is 1.21 bits per heavy atom. The van der Waals surface area contributed by atoms with Crippen LogP contribution in [0.5, 0.6) is 0 Å². The summed E-state index contributed by atoms with van der Waals surface area (Å²) in [7, 11) is 0. The lowest BCUT2D eigenvalue weighted by molar-refractivity contribution is -0.384. The van der Waals surface area contributed by atoms with Gasteiger partial charge in [0.2, 0.25) is 0 Å². The summed E-state index contributed by atoms with van der Waals surface area (Å²) in [6, 6.07) is 10.2. The number of benzene rings is 2. The van der Waals surface area contributed by atoms with E-state index < -0.39 is 10.7 Å². The number of para-hydroxylation sites is 1. The van der Waals surface area contributed by atoms with Gasteiger partial charge in [-0.15, -0.1) is 5.10 Å². The molecule has 0 spiro atoms. The van der Waals surface area contributed by atoms with Crippen LogP contribution in [0.1, 0.15) is 0 Å². The molecule has 0 aliphatic heterocycles. The number of nitrogens with zero attached hydrogens (tertiary/aromatic N) is 4. The van der Waals surface area contributed by atoms with E-state index in [1.165, 1.54) is 4.68 Å². The van der Waals surface area contributed by atoms with Crippen molar-refractivity contribution in [1.82, 2.24) is 15.0 Å². The third-order valence-electron chi connectivity index (χ3n) is 2.71. The van der Waals surface area contributed by atoms with Gasteiger partial charge in [-0.2, -0.15) is 0 Å². The molecule has 3 rings (SSSR count). The minimum absolute atomic E-state index is 0.0544. The maximum Gasteiger partial charge on any atom is 0.295 e. The highest BCUT2D eigenvalue weighted by molar-refractivity contribution is 5.77. The summed E-state index contributed by atoms with van der Waals surface area (Å²) in [5, 5.41) is 18.7. The van der Waals surface area contributed by atoms with Gasteiger partial charge >= 0.3 is 0 Å². The molecule has 0 bridgehead atoms. The molecule has 0 amide bonds. The summed E-state index contributed by atoms with van der Waals surface area (Å²) >= 11 is 0. The van der Waals surface area contributed by atoms with Gasteiger partial charge in [-0.05, 0) is 18.2 Å². The smallest absolute Gasteiger partial charge is 0.258 e. The number of fused-ring (bicyclic) bond motifs is 1. The van der Waals surface area contributed by atoms with Crippen LogP contribution in [0.4, 0.5) is 10.1 Å². The number of hydrogen-bond donors (Lipinski definition) is 0. The standard InChI is InChI=1S/C12H7FN4O2/c13-8-5-6-11(17(18)19)12(7-8)16-10-4-2-1-3-9(10)14-15-16/h1-7H. The highest BCUT2D eigenvalue weighted by atomic mass is 19.1. The van der Waals surface area contributed by atoms with Crippen molar-refractivity contribution in [3.8, 4) is 5.69 Å². The largest absolute Gasteiger partial charge is 0.295 e. The molecule has 7 heteroatoms. The van der Waals surface area contributed by atoms with Crippen molar-refractivity contribution >= 4 is 16.7 Å². The first-order valence-electron chi connectivity index (χ1n) is 5.41. The van der Waals surface area contributed by atoms with E-state index >= 15 is 0 Å².